The first-order chi connectivity index (χ1) is 10.4. The SMILES string of the molecule is Cc1nc(Cc2ccc([N+](=O)[O-])cc2)[nH]c(=O)c1CC(=O)O. The molecule has 0 aliphatic rings. The molecule has 114 valence electrons. The third-order valence-electron chi connectivity index (χ3n) is 3.12. The number of aryl methyl sites for hydroxylation is 1. The molecule has 1 heterocycles. The van der Waals surface area contributed by atoms with Gasteiger partial charge in [-0.15, -0.1) is 0 Å². The first-order valence-electron chi connectivity index (χ1n) is 6.40. The molecule has 22 heavy (non-hydrogen) atoms. The maximum Gasteiger partial charge on any atom is 0.308 e. The van der Waals surface area contributed by atoms with Crippen LogP contribution >= 0.6 is 0 Å². The monoisotopic (exact) mass is 303 g/mol. The van der Waals surface area contributed by atoms with Crippen LogP contribution in [0.1, 0.15) is 22.6 Å². The second-order valence-corrected chi connectivity index (χ2v) is 4.75. The first-order valence-corrected chi connectivity index (χ1v) is 6.40. The average Bonchev–Trinajstić information content (AvgIpc) is 2.43. The van der Waals surface area contributed by atoms with Gasteiger partial charge >= 0.3 is 5.97 Å². The number of hydrogen-bond donors (Lipinski definition) is 2. The zero-order valence-corrected chi connectivity index (χ0v) is 11.7. The highest BCUT2D eigenvalue weighted by molar-refractivity contribution is 5.70. The number of carboxylic acids is 1. The van der Waals surface area contributed by atoms with E-state index >= 15 is 0 Å². The van der Waals surface area contributed by atoms with Gasteiger partial charge in [0.05, 0.1) is 11.3 Å². The van der Waals surface area contributed by atoms with Crippen molar-refractivity contribution in [2.24, 2.45) is 0 Å². The van der Waals surface area contributed by atoms with Crippen LogP contribution in [-0.4, -0.2) is 26.0 Å². The molecule has 0 fully saturated rings. The van der Waals surface area contributed by atoms with Gasteiger partial charge < -0.3 is 10.1 Å². The average molecular weight is 303 g/mol. The van der Waals surface area contributed by atoms with E-state index < -0.39 is 16.5 Å². The highest BCUT2D eigenvalue weighted by atomic mass is 16.6. The molecule has 1 aromatic carbocycles. The Morgan fingerprint density at radius 1 is 1.36 bits per heavy atom. The lowest BCUT2D eigenvalue weighted by Gasteiger charge is -2.06. The summed E-state index contributed by atoms with van der Waals surface area (Å²) in [5, 5.41) is 19.3. The van der Waals surface area contributed by atoms with E-state index in [2.05, 4.69) is 9.97 Å². The van der Waals surface area contributed by atoms with E-state index in [9.17, 15) is 19.7 Å². The molecule has 8 heteroatoms. The fourth-order valence-corrected chi connectivity index (χ4v) is 2.04. The molecular weight excluding hydrogens is 290 g/mol. The predicted molar refractivity (Wildman–Crippen MR) is 76.8 cm³/mol. The van der Waals surface area contributed by atoms with Crippen LogP contribution in [0.5, 0.6) is 0 Å². The van der Waals surface area contributed by atoms with Crippen molar-refractivity contribution in [2.45, 2.75) is 19.8 Å². The Morgan fingerprint density at radius 3 is 2.50 bits per heavy atom. The number of aromatic nitrogens is 2. The number of benzene rings is 1. The molecule has 0 saturated carbocycles. The molecule has 0 radical (unpaired) electrons. The molecule has 0 amide bonds. The van der Waals surface area contributed by atoms with Crippen LogP contribution in [0.2, 0.25) is 0 Å². The van der Waals surface area contributed by atoms with Crippen LogP contribution in [0.25, 0.3) is 0 Å². The van der Waals surface area contributed by atoms with E-state index in [1.165, 1.54) is 12.1 Å². The van der Waals surface area contributed by atoms with Crippen molar-refractivity contribution in [3.63, 3.8) is 0 Å². The Morgan fingerprint density at radius 2 is 2.00 bits per heavy atom. The molecule has 0 spiro atoms. The quantitative estimate of drug-likeness (QED) is 0.631. The number of non-ortho nitro benzene ring substituents is 1. The molecular formula is C14H13N3O5. The fraction of sp³-hybridized carbons (Fsp3) is 0.214. The summed E-state index contributed by atoms with van der Waals surface area (Å²) in [6.45, 7) is 1.58. The Labute approximate surface area is 124 Å². The number of carbonyl (C=O) groups is 1. The van der Waals surface area contributed by atoms with Crippen molar-refractivity contribution in [3.05, 3.63) is 67.4 Å². The summed E-state index contributed by atoms with van der Waals surface area (Å²) >= 11 is 0. The van der Waals surface area contributed by atoms with Gasteiger partial charge in [-0.25, -0.2) is 4.98 Å². The van der Waals surface area contributed by atoms with Crippen LogP contribution in [0.4, 0.5) is 5.69 Å². The van der Waals surface area contributed by atoms with E-state index in [1.807, 2.05) is 0 Å². The van der Waals surface area contributed by atoms with Crippen molar-refractivity contribution in [2.75, 3.05) is 0 Å². The topological polar surface area (TPSA) is 126 Å². The van der Waals surface area contributed by atoms with E-state index in [0.29, 0.717) is 17.9 Å². The second kappa shape index (κ2) is 6.17. The van der Waals surface area contributed by atoms with Crippen LogP contribution in [-0.2, 0) is 17.6 Å². The van der Waals surface area contributed by atoms with E-state index in [-0.39, 0.29) is 17.7 Å². The maximum absolute atomic E-state index is 11.9. The summed E-state index contributed by atoms with van der Waals surface area (Å²) in [7, 11) is 0. The van der Waals surface area contributed by atoms with Crippen LogP contribution in [0, 0.1) is 17.0 Å². The third kappa shape index (κ3) is 3.54. The summed E-state index contributed by atoms with van der Waals surface area (Å²) in [5.74, 6) is -0.719. The largest absolute Gasteiger partial charge is 0.481 e. The molecule has 0 bridgehead atoms. The zero-order valence-electron chi connectivity index (χ0n) is 11.7. The van der Waals surface area contributed by atoms with Gasteiger partial charge in [-0.3, -0.25) is 19.7 Å². The van der Waals surface area contributed by atoms with Crippen LogP contribution < -0.4 is 5.56 Å². The Hall–Kier alpha value is -3.03. The van der Waals surface area contributed by atoms with Gasteiger partial charge in [0, 0.05) is 29.8 Å². The van der Waals surface area contributed by atoms with Crippen LogP contribution in [0.3, 0.4) is 0 Å². The summed E-state index contributed by atoms with van der Waals surface area (Å²) in [6, 6.07) is 5.91. The van der Waals surface area contributed by atoms with Gasteiger partial charge in [-0.2, -0.15) is 0 Å². The number of hydrogen-bond acceptors (Lipinski definition) is 5. The van der Waals surface area contributed by atoms with E-state index in [4.69, 9.17) is 5.11 Å². The number of aromatic amines is 1. The predicted octanol–water partition coefficient (Wildman–Crippen LogP) is 1.20. The number of nitro benzene ring substituents is 1. The minimum Gasteiger partial charge on any atom is -0.481 e. The Balaban J connectivity index is 2.25. The van der Waals surface area contributed by atoms with Gasteiger partial charge in [0.15, 0.2) is 0 Å². The first kappa shape index (κ1) is 15.4. The normalized spacial score (nSPS) is 10.4. The van der Waals surface area contributed by atoms with Gasteiger partial charge in [0.1, 0.15) is 5.82 Å². The zero-order chi connectivity index (χ0) is 16.3. The molecule has 0 unspecified atom stereocenters. The Bertz CT molecular complexity index is 780. The number of H-pyrrole nitrogens is 1. The number of nitrogens with zero attached hydrogens (tertiary/aromatic N) is 2. The molecule has 2 rings (SSSR count). The number of aliphatic carboxylic acids is 1. The molecule has 2 aromatic rings. The van der Waals surface area contributed by atoms with Gasteiger partial charge in [-0.1, -0.05) is 12.1 Å². The molecule has 8 nitrogen and oxygen atoms in total. The molecule has 0 atom stereocenters. The summed E-state index contributed by atoms with van der Waals surface area (Å²) in [6.07, 6.45) is -0.0899. The van der Waals surface area contributed by atoms with Gasteiger partial charge in [-0.05, 0) is 12.5 Å². The molecule has 0 saturated heterocycles. The summed E-state index contributed by atoms with van der Waals surface area (Å²) in [5.41, 5.74) is 0.743. The molecule has 0 aliphatic heterocycles. The van der Waals surface area contributed by atoms with Crippen LogP contribution in [0.15, 0.2) is 29.1 Å². The van der Waals surface area contributed by atoms with E-state index in [0.717, 1.165) is 5.56 Å². The standard InChI is InChI=1S/C14H13N3O5/c1-8-11(7-13(18)19)14(20)16-12(15-8)6-9-2-4-10(5-3-9)17(21)22/h2-5H,6-7H2,1H3,(H,18,19)(H,15,16,20). The van der Waals surface area contributed by atoms with Crippen molar-refractivity contribution in [1.82, 2.24) is 9.97 Å². The minimum atomic E-state index is -1.10. The lowest BCUT2D eigenvalue weighted by Crippen LogP contribution is -2.21. The highest BCUT2D eigenvalue weighted by Gasteiger charge is 2.12. The van der Waals surface area contributed by atoms with Crippen molar-refractivity contribution >= 4 is 11.7 Å². The highest BCUT2D eigenvalue weighted by Crippen LogP contribution is 2.14. The van der Waals surface area contributed by atoms with Crippen molar-refractivity contribution < 1.29 is 14.8 Å². The lowest BCUT2D eigenvalue weighted by molar-refractivity contribution is -0.384. The molecule has 1 aromatic heterocycles. The number of rotatable bonds is 5. The van der Waals surface area contributed by atoms with Crippen molar-refractivity contribution in [3.8, 4) is 0 Å². The third-order valence-corrected chi connectivity index (χ3v) is 3.12. The molecule has 2 N–H and O–H groups in total. The van der Waals surface area contributed by atoms with E-state index in [1.54, 1.807) is 19.1 Å². The fourth-order valence-electron chi connectivity index (χ4n) is 2.04. The summed E-state index contributed by atoms with van der Waals surface area (Å²) in [4.78, 5) is 39.4. The second-order valence-electron chi connectivity index (χ2n) is 4.75. The maximum atomic E-state index is 11.9. The summed E-state index contributed by atoms with van der Waals surface area (Å²) < 4.78 is 0. The number of nitrogens with one attached hydrogen (secondary N) is 1. The minimum absolute atomic E-state index is 0.0156. The number of carboxylic acid groups (broad SMARTS) is 1. The number of nitro groups is 1. The smallest absolute Gasteiger partial charge is 0.308 e. The van der Waals surface area contributed by atoms with Gasteiger partial charge in [0.25, 0.3) is 11.2 Å². The Kier molecular flexibility index (Phi) is 4.31. The van der Waals surface area contributed by atoms with Crippen molar-refractivity contribution in [1.29, 1.82) is 0 Å². The van der Waals surface area contributed by atoms with Gasteiger partial charge in [0.2, 0.25) is 0 Å². The lowest BCUT2D eigenvalue weighted by atomic mass is 10.1. The molecule has 0 aliphatic carbocycles.